The summed E-state index contributed by atoms with van der Waals surface area (Å²) in [5.41, 5.74) is 1.75. The van der Waals surface area contributed by atoms with Crippen LogP contribution in [0.15, 0.2) is 54.6 Å². The van der Waals surface area contributed by atoms with Crippen molar-refractivity contribution in [3.05, 3.63) is 70.8 Å². The first kappa shape index (κ1) is 24.3. The molecule has 0 radical (unpaired) electrons. The maximum absolute atomic E-state index is 12.0. The van der Waals surface area contributed by atoms with E-state index in [1.54, 1.807) is 0 Å². The molecule has 6 heteroatoms. The molecule has 5 nitrogen and oxygen atoms in total. The van der Waals surface area contributed by atoms with E-state index in [0.717, 1.165) is 35.0 Å². The van der Waals surface area contributed by atoms with Crippen LogP contribution in [-0.2, 0) is 14.3 Å². The smallest absolute Gasteiger partial charge is 0.307 e. The minimum Gasteiger partial charge on any atom is -0.490 e. The second kappa shape index (κ2) is 11.5. The molecular weight excluding hydrogens is 426 g/mol. The SMILES string of the molecule is CC(C)(C)OC(=O)CCN1CCOC(c2ccc(OCC=Cc3ccc(Cl)cc3)cc2)C1. The van der Waals surface area contributed by atoms with Crippen molar-refractivity contribution >= 4 is 23.6 Å². The van der Waals surface area contributed by atoms with Crippen molar-refractivity contribution in [1.82, 2.24) is 4.90 Å². The number of hydrogen-bond donors (Lipinski definition) is 0. The van der Waals surface area contributed by atoms with Crippen molar-refractivity contribution < 1.29 is 19.0 Å². The highest BCUT2D eigenvalue weighted by molar-refractivity contribution is 6.30. The highest BCUT2D eigenvalue weighted by Gasteiger charge is 2.23. The summed E-state index contributed by atoms with van der Waals surface area (Å²) in [6.07, 6.45) is 4.36. The molecule has 0 saturated carbocycles. The number of carbonyl (C=O) groups is 1. The van der Waals surface area contributed by atoms with Gasteiger partial charge in [-0.25, -0.2) is 0 Å². The zero-order chi connectivity index (χ0) is 23.0. The molecule has 2 aromatic carbocycles. The number of carbonyl (C=O) groups excluding carboxylic acids is 1. The Bertz CT molecular complexity index is 888. The monoisotopic (exact) mass is 457 g/mol. The standard InChI is InChI=1S/C26H32ClNO4/c1-26(2,3)32-25(29)14-15-28-16-18-31-24(19-28)21-8-12-23(13-9-21)30-17-4-5-20-6-10-22(27)11-7-20/h4-13,24H,14-19H2,1-3H3. The minimum atomic E-state index is -0.444. The van der Waals surface area contributed by atoms with Gasteiger partial charge in [0, 0.05) is 24.7 Å². The van der Waals surface area contributed by atoms with Crippen LogP contribution < -0.4 is 4.74 Å². The molecule has 32 heavy (non-hydrogen) atoms. The van der Waals surface area contributed by atoms with Crippen molar-refractivity contribution in [2.24, 2.45) is 0 Å². The van der Waals surface area contributed by atoms with E-state index >= 15 is 0 Å². The number of halogens is 1. The Morgan fingerprint density at radius 2 is 1.88 bits per heavy atom. The Morgan fingerprint density at radius 1 is 1.16 bits per heavy atom. The highest BCUT2D eigenvalue weighted by atomic mass is 35.5. The van der Waals surface area contributed by atoms with Crippen molar-refractivity contribution in [2.75, 3.05) is 32.8 Å². The number of esters is 1. The maximum Gasteiger partial charge on any atom is 0.307 e. The fourth-order valence-electron chi connectivity index (χ4n) is 3.43. The zero-order valence-electron chi connectivity index (χ0n) is 19.1. The average molecular weight is 458 g/mol. The van der Waals surface area contributed by atoms with E-state index in [1.807, 2.05) is 81.5 Å². The Balaban J connectivity index is 1.44. The normalized spacial score (nSPS) is 17.4. The molecule has 0 aliphatic carbocycles. The molecule has 1 saturated heterocycles. The van der Waals surface area contributed by atoms with Gasteiger partial charge in [0.05, 0.1) is 19.1 Å². The second-order valence-electron chi connectivity index (χ2n) is 8.83. The van der Waals surface area contributed by atoms with Crippen molar-refractivity contribution in [3.63, 3.8) is 0 Å². The summed E-state index contributed by atoms with van der Waals surface area (Å²) in [6.45, 7) is 9.05. The third kappa shape index (κ3) is 8.30. The van der Waals surface area contributed by atoms with Gasteiger partial charge >= 0.3 is 5.97 Å². The van der Waals surface area contributed by atoms with Crippen LogP contribution in [0, 0.1) is 0 Å². The number of benzene rings is 2. The molecule has 1 atom stereocenters. The number of rotatable bonds is 8. The summed E-state index contributed by atoms with van der Waals surface area (Å²) in [5, 5.41) is 0.728. The molecular formula is C26H32ClNO4. The fourth-order valence-corrected chi connectivity index (χ4v) is 3.56. The van der Waals surface area contributed by atoms with Gasteiger partial charge in [0.1, 0.15) is 18.0 Å². The number of ether oxygens (including phenoxy) is 3. The lowest BCUT2D eigenvalue weighted by Crippen LogP contribution is -2.39. The molecule has 1 fully saturated rings. The Hall–Kier alpha value is -2.34. The largest absolute Gasteiger partial charge is 0.490 e. The average Bonchev–Trinajstić information content (AvgIpc) is 2.76. The van der Waals surface area contributed by atoms with Gasteiger partial charge in [-0.1, -0.05) is 41.9 Å². The Kier molecular flexibility index (Phi) is 8.74. The Labute approximate surface area is 195 Å². The van der Waals surface area contributed by atoms with Gasteiger partial charge in [-0.2, -0.15) is 0 Å². The van der Waals surface area contributed by atoms with Crippen molar-refractivity contribution in [1.29, 1.82) is 0 Å². The Morgan fingerprint density at radius 3 is 2.56 bits per heavy atom. The molecule has 1 aliphatic heterocycles. The van der Waals surface area contributed by atoms with Gasteiger partial charge in [-0.05, 0) is 62.2 Å². The van der Waals surface area contributed by atoms with Crippen LogP contribution >= 0.6 is 11.6 Å². The zero-order valence-corrected chi connectivity index (χ0v) is 19.8. The molecule has 2 aromatic rings. The van der Waals surface area contributed by atoms with Gasteiger partial charge in [0.2, 0.25) is 0 Å². The summed E-state index contributed by atoms with van der Waals surface area (Å²) in [5.74, 6) is 0.652. The van der Waals surface area contributed by atoms with Gasteiger partial charge in [-0.3, -0.25) is 9.69 Å². The first-order valence-corrected chi connectivity index (χ1v) is 11.4. The van der Waals surface area contributed by atoms with E-state index in [9.17, 15) is 4.79 Å². The third-order valence-corrected chi connectivity index (χ3v) is 5.23. The molecule has 1 heterocycles. The summed E-state index contributed by atoms with van der Waals surface area (Å²) >= 11 is 5.90. The van der Waals surface area contributed by atoms with Crippen molar-refractivity contribution in [2.45, 2.75) is 38.9 Å². The molecule has 0 N–H and O–H groups in total. The first-order chi connectivity index (χ1) is 15.3. The lowest BCUT2D eigenvalue weighted by molar-refractivity contribution is -0.155. The quantitative estimate of drug-likeness (QED) is 0.487. The fraction of sp³-hybridized carbons (Fsp3) is 0.423. The first-order valence-electron chi connectivity index (χ1n) is 11.0. The van der Waals surface area contributed by atoms with Crippen LogP contribution in [0.3, 0.4) is 0 Å². The number of hydrogen-bond acceptors (Lipinski definition) is 5. The molecule has 1 aliphatic rings. The predicted molar refractivity (Wildman–Crippen MR) is 128 cm³/mol. The molecule has 0 bridgehead atoms. The molecule has 1 unspecified atom stereocenters. The van der Waals surface area contributed by atoms with Gasteiger partial charge < -0.3 is 14.2 Å². The van der Waals surface area contributed by atoms with Crippen LogP contribution in [0.1, 0.15) is 44.4 Å². The molecule has 3 rings (SSSR count). The van der Waals surface area contributed by atoms with Gasteiger partial charge in [0.25, 0.3) is 0 Å². The molecule has 0 aromatic heterocycles. The predicted octanol–water partition coefficient (Wildman–Crippen LogP) is 5.54. The molecule has 172 valence electrons. The van der Waals surface area contributed by atoms with E-state index < -0.39 is 5.60 Å². The highest BCUT2D eigenvalue weighted by Crippen LogP contribution is 2.24. The van der Waals surface area contributed by atoms with E-state index in [-0.39, 0.29) is 12.1 Å². The molecule has 0 amide bonds. The lowest BCUT2D eigenvalue weighted by atomic mass is 10.1. The van der Waals surface area contributed by atoms with Crippen LogP contribution in [0.5, 0.6) is 5.75 Å². The summed E-state index contributed by atoms with van der Waals surface area (Å²) in [4.78, 5) is 14.2. The summed E-state index contributed by atoms with van der Waals surface area (Å²) < 4.78 is 17.2. The second-order valence-corrected chi connectivity index (χ2v) is 9.27. The number of nitrogens with zero attached hydrogens (tertiary/aromatic N) is 1. The lowest BCUT2D eigenvalue weighted by Gasteiger charge is -2.33. The minimum absolute atomic E-state index is 0.0127. The van der Waals surface area contributed by atoms with E-state index in [1.165, 1.54) is 0 Å². The van der Waals surface area contributed by atoms with Crippen LogP contribution in [0.25, 0.3) is 6.08 Å². The van der Waals surface area contributed by atoms with Crippen molar-refractivity contribution in [3.8, 4) is 5.75 Å². The van der Waals surface area contributed by atoms with E-state index in [2.05, 4.69) is 4.90 Å². The number of morpholine rings is 1. The topological polar surface area (TPSA) is 48.0 Å². The third-order valence-electron chi connectivity index (χ3n) is 4.98. The maximum atomic E-state index is 12.0. The summed E-state index contributed by atoms with van der Waals surface area (Å²) in [7, 11) is 0. The van der Waals surface area contributed by atoms with Crippen LogP contribution in [0.4, 0.5) is 0 Å². The summed E-state index contributed by atoms with van der Waals surface area (Å²) in [6, 6.07) is 15.7. The van der Waals surface area contributed by atoms with E-state index in [4.69, 9.17) is 25.8 Å². The van der Waals surface area contributed by atoms with Crippen LogP contribution in [-0.4, -0.2) is 49.3 Å². The van der Waals surface area contributed by atoms with E-state index in [0.29, 0.717) is 26.2 Å². The van der Waals surface area contributed by atoms with Crippen LogP contribution in [0.2, 0.25) is 5.02 Å². The van der Waals surface area contributed by atoms with Gasteiger partial charge in [-0.15, -0.1) is 0 Å². The van der Waals surface area contributed by atoms with Gasteiger partial charge in [0.15, 0.2) is 0 Å². The molecule has 0 spiro atoms.